The fraction of sp³-hybridized carbons (Fsp3) is 0.0800. The molecule has 0 atom stereocenters. The maximum Gasteiger partial charge on any atom is 0.416 e. The third-order valence-electron chi connectivity index (χ3n) is 5.45. The second-order valence-corrected chi connectivity index (χ2v) is 7.51. The summed E-state index contributed by atoms with van der Waals surface area (Å²) in [7, 11) is 1.58. The molecule has 0 aliphatic heterocycles. The Morgan fingerprint density at radius 3 is 2.53 bits per heavy atom. The van der Waals surface area contributed by atoms with Gasteiger partial charge in [-0.3, -0.25) is 4.79 Å². The van der Waals surface area contributed by atoms with Crippen molar-refractivity contribution in [1.82, 2.24) is 14.4 Å². The number of methoxy groups -OCH3 is 1. The molecule has 6 nitrogen and oxygen atoms in total. The van der Waals surface area contributed by atoms with Gasteiger partial charge >= 0.3 is 6.18 Å². The molecule has 5 rings (SSSR count). The van der Waals surface area contributed by atoms with Gasteiger partial charge in [0.1, 0.15) is 17.6 Å². The molecule has 0 saturated carbocycles. The van der Waals surface area contributed by atoms with Gasteiger partial charge in [0.05, 0.1) is 35.0 Å². The van der Waals surface area contributed by atoms with Crippen molar-refractivity contribution >= 4 is 28.1 Å². The van der Waals surface area contributed by atoms with Crippen molar-refractivity contribution in [3.8, 4) is 17.0 Å². The van der Waals surface area contributed by atoms with Gasteiger partial charge in [-0.05, 0) is 54.6 Å². The molecule has 0 bridgehead atoms. The Hall–Kier alpha value is -4.40. The standard InChI is InChI=1S/C25H17F3N4O2/c1-34-18-10-8-15(9-11-18)21-23-22(30-14-29-21)20(19-7-2-3-12-32(19)23)24(33)31-17-6-4-5-16(13-17)25(26,27)28/h2-14H,1H3,(H,31,33). The highest BCUT2D eigenvalue weighted by Gasteiger charge is 2.31. The van der Waals surface area contributed by atoms with Crippen molar-refractivity contribution in [2.24, 2.45) is 0 Å². The second-order valence-electron chi connectivity index (χ2n) is 7.51. The predicted octanol–water partition coefficient (Wildman–Crippen LogP) is 5.83. The first-order valence-corrected chi connectivity index (χ1v) is 10.2. The quantitative estimate of drug-likeness (QED) is 0.365. The highest BCUT2D eigenvalue weighted by molar-refractivity contribution is 6.18. The van der Waals surface area contributed by atoms with E-state index in [1.54, 1.807) is 42.0 Å². The van der Waals surface area contributed by atoms with E-state index in [9.17, 15) is 18.0 Å². The zero-order valence-electron chi connectivity index (χ0n) is 17.8. The second kappa shape index (κ2) is 8.18. The van der Waals surface area contributed by atoms with Crippen molar-refractivity contribution in [2.45, 2.75) is 6.18 Å². The number of ether oxygens (including phenoxy) is 1. The molecule has 170 valence electrons. The number of fused-ring (bicyclic) bond motifs is 3. The number of halogens is 3. The van der Waals surface area contributed by atoms with Crippen LogP contribution in [0, 0.1) is 0 Å². The zero-order valence-corrected chi connectivity index (χ0v) is 17.8. The van der Waals surface area contributed by atoms with Gasteiger partial charge in [-0.25, -0.2) is 9.97 Å². The first-order valence-electron chi connectivity index (χ1n) is 10.2. The Balaban J connectivity index is 1.65. The Labute approximate surface area is 191 Å². The lowest BCUT2D eigenvalue weighted by Gasteiger charge is -2.10. The van der Waals surface area contributed by atoms with Crippen molar-refractivity contribution in [3.05, 3.63) is 90.4 Å². The van der Waals surface area contributed by atoms with Crippen LogP contribution in [-0.2, 0) is 6.18 Å². The van der Waals surface area contributed by atoms with Crippen LogP contribution in [0.2, 0.25) is 0 Å². The Morgan fingerprint density at radius 2 is 1.79 bits per heavy atom. The lowest BCUT2D eigenvalue weighted by molar-refractivity contribution is -0.137. The number of amides is 1. The summed E-state index contributed by atoms with van der Waals surface area (Å²) in [6, 6.07) is 17.2. The molecule has 0 fully saturated rings. The molecule has 0 aliphatic rings. The van der Waals surface area contributed by atoms with Crippen molar-refractivity contribution in [1.29, 1.82) is 0 Å². The summed E-state index contributed by atoms with van der Waals surface area (Å²) in [4.78, 5) is 22.1. The van der Waals surface area contributed by atoms with Crippen LogP contribution >= 0.6 is 0 Å². The molecule has 1 N–H and O–H groups in total. The van der Waals surface area contributed by atoms with Crippen LogP contribution < -0.4 is 10.1 Å². The van der Waals surface area contributed by atoms with Gasteiger partial charge in [0.25, 0.3) is 5.91 Å². The molecule has 5 aromatic rings. The number of benzene rings is 2. The van der Waals surface area contributed by atoms with Crippen LogP contribution in [0.25, 0.3) is 27.8 Å². The molecule has 9 heteroatoms. The molecular formula is C25H17F3N4O2. The van der Waals surface area contributed by atoms with E-state index in [0.29, 0.717) is 28.0 Å². The number of hydrogen-bond donors (Lipinski definition) is 1. The number of aromatic nitrogens is 3. The third kappa shape index (κ3) is 3.71. The molecule has 34 heavy (non-hydrogen) atoms. The molecule has 3 heterocycles. The summed E-state index contributed by atoms with van der Waals surface area (Å²) in [6.45, 7) is 0. The molecule has 2 aromatic carbocycles. The number of carbonyl (C=O) groups excluding carboxylic acids is 1. The number of pyridine rings is 1. The van der Waals surface area contributed by atoms with Gasteiger partial charge in [0, 0.05) is 17.4 Å². The average molecular weight is 462 g/mol. The van der Waals surface area contributed by atoms with E-state index < -0.39 is 17.6 Å². The number of alkyl halides is 3. The van der Waals surface area contributed by atoms with Crippen molar-refractivity contribution in [3.63, 3.8) is 0 Å². The largest absolute Gasteiger partial charge is 0.497 e. The maximum atomic E-state index is 13.3. The first-order chi connectivity index (χ1) is 16.4. The molecular weight excluding hydrogens is 445 g/mol. The van der Waals surface area contributed by atoms with Gasteiger partial charge in [-0.1, -0.05) is 12.1 Å². The number of rotatable bonds is 4. The molecule has 0 spiro atoms. The minimum absolute atomic E-state index is 0.0349. The molecule has 1 amide bonds. The Bertz CT molecular complexity index is 1530. The molecule has 0 aliphatic carbocycles. The summed E-state index contributed by atoms with van der Waals surface area (Å²) in [5.41, 5.74) is 2.37. The fourth-order valence-corrected chi connectivity index (χ4v) is 3.90. The maximum absolute atomic E-state index is 13.3. The number of carbonyl (C=O) groups is 1. The van der Waals surface area contributed by atoms with E-state index in [2.05, 4.69) is 15.3 Å². The van der Waals surface area contributed by atoms with E-state index in [1.807, 2.05) is 18.2 Å². The van der Waals surface area contributed by atoms with E-state index in [0.717, 1.165) is 17.7 Å². The van der Waals surface area contributed by atoms with E-state index in [1.165, 1.54) is 18.5 Å². The van der Waals surface area contributed by atoms with Crippen LogP contribution in [0.5, 0.6) is 5.75 Å². The predicted molar refractivity (Wildman–Crippen MR) is 122 cm³/mol. The normalized spacial score (nSPS) is 11.6. The van der Waals surface area contributed by atoms with Crippen LogP contribution in [-0.4, -0.2) is 27.4 Å². The van der Waals surface area contributed by atoms with Crippen LogP contribution in [0.3, 0.4) is 0 Å². The number of nitrogens with one attached hydrogen (secondary N) is 1. The van der Waals surface area contributed by atoms with Gasteiger partial charge in [0.15, 0.2) is 0 Å². The summed E-state index contributed by atoms with van der Waals surface area (Å²) in [6.07, 6.45) is -1.37. The van der Waals surface area contributed by atoms with Crippen LogP contribution in [0.15, 0.2) is 79.3 Å². The smallest absolute Gasteiger partial charge is 0.416 e. The molecule has 3 aromatic heterocycles. The summed E-state index contributed by atoms with van der Waals surface area (Å²) in [5.74, 6) is 0.118. The summed E-state index contributed by atoms with van der Waals surface area (Å²) >= 11 is 0. The SMILES string of the molecule is COc1ccc(-c2ncnc3c(C(=O)Nc4cccc(C(F)(F)F)c4)c4ccccn4c23)cc1. The third-order valence-corrected chi connectivity index (χ3v) is 5.45. The van der Waals surface area contributed by atoms with Crippen molar-refractivity contribution < 1.29 is 22.7 Å². The minimum Gasteiger partial charge on any atom is -0.497 e. The van der Waals surface area contributed by atoms with Gasteiger partial charge in [-0.2, -0.15) is 13.2 Å². The van der Waals surface area contributed by atoms with Gasteiger partial charge < -0.3 is 14.5 Å². The van der Waals surface area contributed by atoms with Crippen LogP contribution in [0.1, 0.15) is 15.9 Å². The number of anilines is 1. The minimum atomic E-state index is -4.52. The summed E-state index contributed by atoms with van der Waals surface area (Å²) < 4.78 is 46.3. The Kier molecular flexibility index (Phi) is 5.16. The highest BCUT2D eigenvalue weighted by atomic mass is 19.4. The van der Waals surface area contributed by atoms with Gasteiger partial charge in [0.2, 0.25) is 0 Å². The molecule has 0 radical (unpaired) electrons. The van der Waals surface area contributed by atoms with E-state index in [-0.39, 0.29) is 11.3 Å². The number of hydrogen-bond acceptors (Lipinski definition) is 4. The lowest BCUT2D eigenvalue weighted by atomic mass is 10.1. The average Bonchev–Trinajstić information content (AvgIpc) is 3.18. The highest BCUT2D eigenvalue weighted by Crippen LogP contribution is 2.34. The summed E-state index contributed by atoms with van der Waals surface area (Å²) in [5, 5.41) is 2.59. The topological polar surface area (TPSA) is 68.5 Å². The molecule has 0 saturated heterocycles. The van der Waals surface area contributed by atoms with E-state index in [4.69, 9.17) is 4.74 Å². The zero-order chi connectivity index (χ0) is 23.9. The molecule has 0 unspecified atom stereocenters. The monoisotopic (exact) mass is 462 g/mol. The first kappa shape index (κ1) is 21.4. The Morgan fingerprint density at radius 1 is 1.00 bits per heavy atom. The van der Waals surface area contributed by atoms with Gasteiger partial charge in [-0.15, -0.1) is 0 Å². The van der Waals surface area contributed by atoms with Crippen LogP contribution in [0.4, 0.5) is 18.9 Å². The fourth-order valence-electron chi connectivity index (χ4n) is 3.90. The van der Waals surface area contributed by atoms with Crippen molar-refractivity contribution in [2.75, 3.05) is 12.4 Å². The van der Waals surface area contributed by atoms with E-state index >= 15 is 0 Å². The number of nitrogens with zero attached hydrogens (tertiary/aromatic N) is 3. The lowest BCUT2D eigenvalue weighted by Crippen LogP contribution is -2.13.